The molecule has 1 atom stereocenters. The van der Waals surface area contributed by atoms with E-state index in [2.05, 4.69) is 43.5 Å². The first-order valence-corrected chi connectivity index (χ1v) is 6.75. The summed E-state index contributed by atoms with van der Waals surface area (Å²) in [6.07, 6.45) is 1.11. The van der Waals surface area contributed by atoms with Gasteiger partial charge in [0, 0.05) is 4.70 Å². The molecule has 2 rings (SSSR count). The molecule has 2 heteroatoms. The van der Waals surface area contributed by atoms with Crippen LogP contribution in [0.1, 0.15) is 19.4 Å². The maximum absolute atomic E-state index is 5.84. The second-order valence-corrected chi connectivity index (χ2v) is 5.61. The summed E-state index contributed by atoms with van der Waals surface area (Å²) in [5.41, 5.74) is 7.30. The third kappa shape index (κ3) is 2.28. The molecule has 0 spiro atoms. The number of hydrogen-bond donors (Lipinski definition) is 1. The van der Waals surface area contributed by atoms with Gasteiger partial charge in [0.05, 0.1) is 0 Å². The van der Waals surface area contributed by atoms with Gasteiger partial charge in [0.25, 0.3) is 0 Å². The van der Waals surface area contributed by atoms with E-state index in [-0.39, 0.29) is 0 Å². The van der Waals surface area contributed by atoms with Crippen LogP contribution in [-0.2, 0) is 6.42 Å². The summed E-state index contributed by atoms with van der Waals surface area (Å²) in [5.74, 6) is 1.25. The normalized spacial score (nSPS) is 13.5. The van der Waals surface area contributed by atoms with Crippen LogP contribution in [0.25, 0.3) is 10.1 Å². The molecule has 0 aliphatic carbocycles. The van der Waals surface area contributed by atoms with Crippen molar-refractivity contribution in [2.24, 2.45) is 17.6 Å². The Morgan fingerprint density at radius 1 is 1.25 bits per heavy atom. The lowest BCUT2D eigenvalue weighted by Gasteiger charge is -2.18. The zero-order valence-corrected chi connectivity index (χ0v) is 10.8. The third-order valence-corrected chi connectivity index (χ3v) is 4.30. The van der Waals surface area contributed by atoms with E-state index < -0.39 is 0 Å². The van der Waals surface area contributed by atoms with Gasteiger partial charge in [-0.3, -0.25) is 0 Å². The van der Waals surface area contributed by atoms with E-state index in [4.69, 9.17) is 5.73 Å². The van der Waals surface area contributed by atoms with Crippen LogP contribution in [0.15, 0.2) is 29.6 Å². The second kappa shape index (κ2) is 4.98. The second-order valence-electron chi connectivity index (χ2n) is 4.70. The Balaban J connectivity index is 2.27. The third-order valence-electron chi connectivity index (χ3n) is 3.29. The van der Waals surface area contributed by atoms with Gasteiger partial charge in [-0.05, 0) is 47.2 Å². The smallest absolute Gasteiger partial charge is 0.0345 e. The van der Waals surface area contributed by atoms with Crippen molar-refractivity contribution in [3.8, 4) is 0 Å². The molecule has 16 heavy (non-hydrogen) atoms. The Labute approximate surface area is 101 Å². The first kappa shape index (κ1) is 11.6. The van der Waals surface area contributed by atoms with Crippen molar-refractivity contribution in [3.05, 3.63) is 35.2 Å². The molecule has 2 aromatic rings. The summed E-state index contributed by atoms with van der Waals surface area (Å²) in [6.45, 7) is 5.29. The highest BCUT2D eigenvalue weighted by Gasteiger charge is 2.14. The molecule has 0 amide bonds. The Bertz CT molecular complexity index is 458. The van der Waals surface area contributed by atoms with E-state index in [0.717, 1.165) is 13.0 Å². The van der Waals surface area contributed by atoms with Gasteiger partial charge in [0.2, 0.25) is 0 Å². The largest absolute Gasteiger partial charge is 0.330 e. The lowest BCUT2D eigenvalue weighted by atomic mass is 9.89. The Morgan fingerprint density at radius 2 is 2.00 bits per heavy atom. The van der Waals surface area contributed by atoms with Crippen LogP contribution in [0.4, 0.5) is 0 Å². The van der Waals surface area contributed by atoms with Gasteiger partial charge in [-0.25, -0.2) is 0 Å². The highest BCUT2D eigenvalue weighted by Crippen LogP contribution is 2.28. The van der Waals surface area contributed by atoms with Gasteiger partial charge in [0.15, 0.2) is 0 Å². The molecular weight excluding hydrogens is 214 g/mol. The molecule has 0 radical (unpaired) electrons. The molecule has 0 saturated heterocycles. The van der Waals surface area contributed by atoms with E-state index in [9.17, 15) is 0 Å². The quantitative estimate of drug-likeness (QED) is 0.856. The van der Waals surface area contributed by atoms with Crippen LogP contribution in [0.2, 0.25) is 0 Å². The monoisotopic (exact) mass is 233 g/mol. The summed E-state index contributed by atoms with van der Waals surface area (Å²) in [7, 11) is 0. The predicted molar refractivity (Wildman–Crippen MR) is 72.9 cm³/mol. The van der Waals surface area contributed by atoms with Gasteiger partial charge < -0.3 is 5.73 Å². The number of thiophene rings is 1. The molecule has 0 fully saturated rings. The van der Waals surface area contributed by atoms with E-state index in [1.54, 1.807) is 0 Å². The summed E-state index contributed by atoms with van der Waals surface area (Å²) < 4.78 is 1.39. The van der Waals surface area contributed by atoms with E-state index in [0.29, 0.717) is 11.8 Å². The highest BCUT2D eigenvalue weighted by molar-refractivity contribution is 7.17. The van der Waals surface area contributed by atoms with Gasteiger partial charge in [0.1, 0.15) is 0 Å². The standard InChI is InChI=1S/C14H19NS/c1-10(2)11(8-15)7-12-9-16-14-6-4-3-5-13(12)14/h3-6,9-11H,7-8,15H2,1-2H3. The van der Waals surface area contributed by atoms with Gasteiger partial charge in [-0.2, -0.15) is 0 Å². The minimum atomic E-state index is 0.595. The van der Waals surface area contributed by atoms with E-state index in [1.807, 2.05) is 11.3 Å². The van der Waals surface area contributed by atoms with Crippen molar-refractivity contribution in [1.29, 1.82) is 0 Å². The Kier molecular flexibility index (Phi) is 3.62. The molecular formula is C14H19NS. The topological polar surface area (TPSA) is 26.0 Å². The molecule has 1 aromatic heterocycles. The maximum atomic E-state index is 5.84. The van der Waals surface area contributed by atoms with Crippen molar-refractivity contribution in [2.45, 2.75) is 20.3 Å². The Hall–Kier alpha value is -0.860. The first-order chi connectivity index (χ1) is 7.72. The van der Waals surface area contributed by atoms with E-state index >= 15 is 0 Å². The maximum Gasteiger partial charge on any atom is 0.0345 e. The van der Waals surface area contributed by atoms with Crippen molar-refractivity contribution in [1.82, 2.24) is 0 Å². The van der Waals surface area contributed by atoms with Crippen molar-refractivity contribution >= 4 is 21.4 Å². The van der Waals surface area contributed by atoms with Crippen LogP contribution < -0.4 is 5.73 Å². The zero-order valence-electron chi connectivity index (χ0n) is 9.94. The summed E-state index contributed by atoms with van der Waals surface area (Å²) in [5, 5.41) is 3.70. The zero-order chi connectivity index (χ0) is 11.5. The fraction of sp³-hybridized carbons (Fsp3) is 0.429. The molecule has 86 valence electrons. The molecule has 0 aliphatic heterocycles. The molecule has 1 heterocycles. The van der Waals surface area contributed by atoms with Gasteiger partial charge >= 0.3 is 0 Å². The molecule has 0 bridgehead atoms. The molecule has 2 N–H and O–H groups in total. The number of hydrogen-bond acceptors (Lipinski definition) is 2. The number of fused-ring (bicyclic) bond motifs is 1. The first-order valence-electron chi connectivity index (χ1n) is 5.87. The fourth-order valence-electron chi connectivity index (χ4n) is 2.06. The summed E-state index contributed by atoms with van der Waals surface area (Å²) >= 11 is 1.84. The minimum absolute atomic E-state index is 0.595. The van der Waals surface area contributed by atoms with Crippen molar-refractivity contribution in [2.75, 3.05) is 6.54 Å². The molecule has 0 aliphatic rings. The number of nitrogens with two attached hydrogens (primary N) is 1. The van der Waals surface area contributed by atoms with Gasteiger partial charge in [-0.1, -0.05) is 32.0 Å². The summed E-state index contributed by atoms with van der Waals surface area (Å²) in [4.78, 5) is 0. The number of rotatable bonds is 4. The van der Waals surface area contributed by atoms with Crippen LogP contribution in [-0.4, -0.2) is 6.54 Å². The lowest BCUT2D eigenvalue weighted by molar-refractivity contribution is 0.393. The Morgan fingerprint density at radius 3 is 2.69 bits per heavy atom. The average molecular weight is 233 g/mol. The van der Waals surface area contributed by atoms with Gasteiger partial charge in [-0.15, -0.1) is 11.3 Å². The van der Waals surface area contributed by atoms with Crippen LogP contribution in [0.5, 0.6) is 0 Å². The molecule has 1 unspecified atom stereocenters. The SMILES string of the molecule is CC(C)C(CN)Cc1csc2ccccc12. The molecule has 0 saturated carbocycles. The average Bonchev–Trinajstić information content (AvgIpc) is 2.69. The minimum Gasteiger partial charge on any atom is -0.330 e. The van der Waals surface area contributed by atoms with Crippen molar-refractivity contribution in [3.63, 3.8) is 0 Å². The van der Waals surface area contributed by atoms with Crippen molar-refractivity contribution < 1.29 is 0 Å². The fourth-order valence-corrected chi connectivity index (χ4v) is 3.04. The van der Waals surface area contributed by atoms with Crippen LogP contribution in [0.3, 0.4) is 0 Å². The number of benzene rings is 1. The predicted octanol–water partition coefficient (Wildman–Crippen LogP) is 3.67. The molecule has 1 nitrogen and oxygen atoms in total. The van der Waals surface area contributed by atoms with E-state index in [1.165, 1.54) is 15.6 Å². The highest BCUT2D eigenvalue weighted by atomic mass is 32.1. The van der Waals surface area contributed by atoms with Crippen LogP contribution >= 0.6 is 11.3 Å². The molecule has 1 aromatic carbocycles. The van der Waals surface area contributed by atoms with Crippen LogP contribution in [0, 0.1) is 11.8 Å². The lowest BCUT2D eigenvalue weighted by Crippen LogP contribution is -2.21. The summed E-state index contributed by atoms with van der Waals surface area (Å²) in [6, 6.07) is 8.63.